The molecular weight excluding hydrogens is 1290 g/mol. The minimum absolute atomic E-state index is 0.0104. The van der Waals surface area contributed by atoms with Crippen LogP contribution in [0.2, 0.25) is 0 Å². The van der Waals surface area contributed by atoms with Crippen LogP contribution in [0.3, 0.4) is 0 Å². The molecule has 12 aliphatic heterocycles. The van der Waals surface area contributed by atoms with Crippen molar-refractivity contribution in [3.8, 4) is 0 Å². The van der Waals surface area contributed by atoms with Crippen LogP contribution < -0.4 is 0 Å². The van der Waals surface area contributed by atoms with Crippen LogP contribution in [0.15, 0.2) is 0 Å². The Labute approximate surface area is 649 Å². The number of likely N-dealkylation sites (tertiary alicyclic amines) is 7. The molecule has 2 unspecified atom stereocenters. The van der Waals surface area contributed by atoms with Crippen molar-refractivity contribution in [1.29, 1.82) is 0 Å². The summed E-state index contributed by atoms with van der Waals surface area (Å²) in [5, 5.41) is 0. The minimum atomic E-state index is 0.0104. The number of nitrogens with zero attached hydrogens (tertiary/aromatic N) is 12. The third-order valence-corrected chi connectivity index (χ3v) is 24.5. The van der Waals surface area contributed by atoms with Crippen molar-refractivity contribution in [3.63, 3.8) is 0 Å². The van der Waals surface area contributed by atoms with Crippen LogP contribution in [0, 0.1) is 11.8 Å². The second kappa shape index (κ2) is 55.7. The van der Waals surface area contributed by atoms with Crippen LogP contribution in [0.5, 0.6) is 0 Å². The second-order valence-electron chi connectivity index (χ2n) is 36.7. The summed E-state index contributed by atoms with van der Waals surface area (Å²) in [6.45, 7) is 58.0. The largest absolute Gasteiger partial charge is 0.378 e. The minimum Gasteiger partial charge on any atom is -0.378 e. The van der Waals surface area contributed by atoms with E-state index >= 15 is 0 Å². The Hall–Kier alpha value is -0.680. The van der Waals surface area contributed by atoms with Gasteiger partial charge in [0.25, 0.3) is 0 Å². The number of ether oxygens (including phenoxy) is 5. The first-order valence-electron chi connectivity index (χ1n) is 43.6. The average Bonchev–Trinajstić information content (AvgIpc) is 0.865. The molecule has 12 heterocycles. The predicted molar refractivity (Wildman–Crippen MR) is 451 cm³/mol. The lowest BCUT2D eigenvalue weighted by Crippen LogP contribution is -2.55. The highest BCUT2D eigenvalue weighted by Gasteiger charge is 2.37. The highest BCUT2D eigenvalue weighted by Crippen LogP contribution is 2.35. The van der Waals surface area contributed by atoms with E-state index in [1.54, 1.807) is 0 Å². The zero-order chi connectivity index (χ0) is 78.0. The molecule has 1 saturated carbocycles. The molecule has 0 radical (unpaired) electrons. The summed E-state index contributed by atoms with van der Waals surface area (Å²) in [5.41, 5.74) is 0.0208. The van der Waals surface area contributed by atoms with E-state index in [0.29, 0.717) is 36.5 Å². The van der Waals surface area contributed by atoms with Gasteiger partial charge in [0.05, 0.1) is 62.0 Å². The summed E-state index contributed by atoms with van der Waals surface area (Å²) < 4.78 is 27.3. The van der Waals surface area contributed by atoms with Gasteiger partial charge >= 0.3 is 0 Å². The number of hydrogen-bond donors (Lipinski definition) is 0. The van der Waals surface area contributed by atoms with Gasteiger partial charge in [-0.25, -0.2) is 0 Å². The van der Waals surface area contributed by atoms with Gasteiger partial charge < -0.3 is 77.6 Å². The van der Waals surface area contributed by atoms with Crippen molar-refractivity contribution >= 4 is 0 Å². The summed E-state index contributed by atoms with van der Waals surface area (Å²) >= 11 is 0. The fourth-order valence-electron chi connectivity index (χ4n) is 17.5. The normalized spacial score (nSPS) is 34.3. The fourth-order valence-corrected chi connectivity index (χ4v) is 17.5. The quantitative estimate of drug-likeness (QED) is 0.263. The summed E-state index contributed by atoms with van der Waals surface area (Å²) in [4.78, 5) is 28.8. The molecule has 1 aliphatic carbocycles. The number of morpholine rings is 5. The Bertz CT molecular complexity index is 1820. The van der Waals surface area contributed by atoms with Crippen molar-refractivity contribution in [2.24, 2.45) is 11.8 Å². The van der Waals surface area contributed by atoms with Gasteiger partial charge in [-0.1, -0.05) is 52.4 Å². The van der Waals surface area contributed by atoms with Gasteiger partial charge in [-0.15, -0.1) is 0 Å². The molecule has 13 fully saturated rings. The van der Waals surface area contributed by atoms with E-state index in [9.17, 15) is 0 Å². The fraction of sp³-hybridized carbons (Fsp3) is 1.00. The van der Waals surface area contributed by atoms with Gasteiger partial charge in [-0.3, -0.25) is 4.90 Å². The number of piperidine rings is 7. The van der Waals surface area contributed by atoms with Crippen molar-refractivity contribution in [1.82, 2.24) is 58.8 Å². The van der Waals surface area contributed by atoms with Crippen molar-refractivity contribution in [2.45, 2.75) is 342 Å². The van der Waals surface area contributed by atoms with Crippen LogP contribution in [0.25, 0.3) is 0 Å². The lowest BCUT2D eigenvalue weighted by atomic mass is 9.99. The third-order valence-electron chi connectivity index (χ3n) is 24.5. The van der Waals surface area contributed by atoms with E-state index in [0.717, 1.165) is 127 Å². The van der Waals surface area contributed by atoms with Gasteiger partial charge in [0.1, 0.15) is 0 Å². The number of fused-ring (bicyclic) bond motifs is 2. The lowest BCUT2D eigenvalue weighted by molar-refractivity contribution is -0.175. The van der Waals surface area contributed by atoms with Crippen LogP contribution in [0.1, 0.15) is 258 Å². The number of likely N-dealkylation sites (N-methyl/N-ethyl adjacent to an activating group) is 5. The van der Waals surface area contributed by atoms with Gasteiger partial charge in [0.15, 0.2) is 0 Å². The molecule has 0 N–H and O–H groups in total. The van der Waals surface area contributed by atoms with Gasteiger partial charge in [-0.05, 0) is 342 Å². The Morgan fingerprint density at radius 2 is 0.654 bits per heavy atom. The molecule has 13 rings (SSSR count). The molecule has 622 valence electrons. The van der Waals surface area contributed by atoms with Gasteiger partial charge in [-0.2, -0.15) is 0 Å². The topological polar surface area (TPSA) is 85.0 Å². The molecular formula is C87H184N12O5. The van der Waals surface area contributed by atoms with Crippen molar-refractivity contribution < 1.29 is 23.7 Å². The Kier molecular flexibility index (Phi) is 53.2. The first kappa shape index (κ1) is 99.4. The van der Waals surface area contributed by atoms with Crippen LogP contribution >= 0.6 is 0 Å². The summed E-state index contributed by atoms with van der Waals surface area (Å²) in [6.07, 6.45) is 34.4. The Morgan fingerprint density at radius 1 is 0.308 bits per heavy atom. The smallest absolute Gasteiger partial charge is 0.0760 e. The molecule has 0 aromatic carbocycles. The maximum absolute atomic E-state index is 5.89. The lowest BCUT2D eigenvalue weighted by Gasteiger charge is -2.45. The standard InChI is InChI=1S/C9H19NO.C8H15N.3C8H17N.2C7H15NO.2C7H15N.2C6H13NO.C6H13N/c1-8(2)6-10(5)7-9(3,4)11-8;1-9-5-7-2-3-8(4-7)6-9;1-7-5-4-6-8(2)9(7)3;2*1-3-8-6-4-5-7-9(8)2;1-6-4-9-5-7(2)8(6)3;1-6-4-8(3)5-7(2)9-6;2*1-7-5-3-4-6-8(7)2;2*1-6-5-7(2)3-4-8-6;1-7-5-3-2-4-6-7/h6-7H2,1-5H3;7-8H,2-6H2,1H3;7-8H,4-6H2,1-3H3;2*8H,3-7H2,1-2H3;2*6-7H,4-5H2,1-3H3;2*7H,3-6H2,1-2H3;2*6H,3-5H2,1-2H3;2-6H2,1H3/t;;7-,8-;2*8-;2*6-,7+;2*7-;2*6-;/m..110..1010./s1. The molecule has 14 atom stereocenters. The van der Waals surface area contributed by atoms with Crippen LogP contribution in [-0.4, -0.2) is 358 Å². The average molecular weight is 1480 g/mol. The van der Waals surface area contributed by atoms with E-state index in [2.05, 4.69) is 254 Å². The van der Waals surface area contributed by atoms with E-state index in [1.165, 1.54) is 200 Å². The number of hydrogen-bond acceptors (Lipinski definition) is 17. The van der Waals surface area contributed by atoms with Gasteiger partial charge in [0, 0.05) is 114 Å². The predicted octanol–water partition coefficient (Wildman–Crippen LogP) is 14.7. The van der Waals surface area contributed by atoms with Gasteiger partial charge in [0.2, 0.25) is 0 Å². The first-order chi connectivity index (χ1) is 49.0. The molecule has 104 heavy (non-hydrogen) atoms. The van der Waals surface area contributed by atoms with E-state index in [1.807, 2.05) is 0 Å². The molecule has 12 saturated heterocycles. The first-order valence-corrected chi connectivity index (χ1v) is 43.6. The maximum atomic E-state index is 5.89. The SMILES string of the molecule is CC[C@@H]1CCCCN1C.CC[C@H]1CCCCN1C.CN1CC(C)(C)OC(C)(C)C1.CN1CC2CCC(C2)C1.CN1CCCCC1.C[C@@H]1CCCCN1C.C[C@@H]1CCC[C@@H](C)N1C.C[C@@H]1CN(C)CCO1.C[C@@H]1CN(C)C[C@H](C)O1.C[C@@H]1COC[C@H](C)N1C.C[C@H]1CCCCN1C.C[C@H]1CN(C)CCO1. The second-order valence-corrected chi connectivity index (χ2v) is 36.7. The van der Waals surface area contributed by atoms with E-state index < -0.39 is 0 Å². The molecule has 0 aromatic heterocycles. The summed E-state index contributed by atoms with van der Waals surface area (Å²) in [6, 6.07) is 6.26. The maximum Gasteiger partial charge on any atom is 0.0760 e. The zero-order valence-electron chi connectivity index (χ0n) is 74.9. The zero-order valence-corrected chi connectivity index (χ0v) is 74.9. The molecule has 13 aliphatic rings. The van der Waals surface area contributed by atoms with Crippen LogP contribution in [0.4, 0.5) is 0 Å². The molecule has 0 aromatic rings. The molecule has 2 bridgehead atoms. The summed E-state index contributed by atoms with van der Waals surface area (Å²) in [5.74, 6) is 2.13. The van der Waals surface area contributed by atoms with Crippen molar-refractivity contribution in [3.05, 3.63) is 0 Å². The molecule has 17 heteroatoms. The molecule has 0 spiro atoms. The molecule has 0 amide bonds. The monoisotopic (exact) mass is 1480 g/mol. The van der Waals surface area contributed by atoms with E-state index in [4.69, 9.17) is 23.7 Å². The third kappa shape index (κ3) is 46.4. The Balaban J connectivity index is 0.000000386. The Morgan fingerprint density at radius 3 is 0.923 bits per heavy atom. The number of rotatable bonds is 2. The molecule has 17 nitrogen and oxygen atoms in total. The summed E-state index contributed by atoms with van der Waals surface area (Å²) in [7, 11) is 26.3. The highest BCUT2D eigenvalue weighted by molar-refractivity contribution is 4.88. The van der Waals surface area contributed by atoms with Crippen molar-refractivity contribution in [2.75, 3.05) is 216 Å². The highest BCUT2D eigenvalue weighted by atomic mass is 16.5. The van der Waals surface area contributed by atoms with E-state index in [-0.39, 0.29) is 11.2 Å². The van der Waals surface area contributed by atoms with Crippen LogP contribution in [-0.2, 0) is 23.7 Å².